The summed E-state index contributed by atoms with van der Waals surface area (Å²) in [4.78, 5) is 13.5. The molecule has 0 saturated heterocycles. The van der Waals surface area contributed by atoms with Gasteiger partial charge in [0.15, 0.2) is 0 Å². The molecule has 0 aromatic heterocycles. The molecule has 0 spiro atoms. The fraction of sp³-hybridized carbons (Fsp3) is 0.0667. The summed E-state index contributed by atoms with van der Waals surface area (Å²) in [6.07, 6.45) is 0. The number of nitriles is 1. The number of carbonyl (C=O) groups excluding carboxylic acids is 1. The van der Waals surface area contributed by atoms with Crippen LogP contribution in [0, 0.1) is 11.3 Å². The molecule has 2 aromatic carbocycles. The number of rotatable bonds is 2. The molecular formula is C15H14N4O. The maximum atomic E-state index is 12.1. The highest BCUT2D eigenvalue weighted by Crippen LogP contribution is 2.17. The van der Waals surface area contributed by atoms with E-state index in [4.69, 9.17) is 11.0 Å². The van der Waals surface area contributed by atoms with Crippen LogP contribution in [0.15, 0.2) is 48.5 Å². The normalized spacial score (nSPS) is 9.60. The van der Waals surface area contributed by atoms with E-state index in [9.17, 15) is 4.79 Å². The quantitative estimate of drug-likeness (QED) is 0.820. The molecule has 2 aromatic rings. The number of nitrogens with one attached hydrogen (secondary N) is 1. The number of anilines is 3. The fourth-order valence-corrected chi connectivity index (χ4v) is 1.73. The first-order valence-electron chi connectivity index (χ1n) is 6.00. The van der Waals surface area contributed by atoms with Crippen LogP contribution in [0.5, 0.6) is 0 Å². The predicted octanol–water partition coefficient (Wildman–Crippen LogP) is 2.81. The second-order valence-corrected chi connectivity index (χ2v) is 4.28. The van der Waals surface area contributed by atoms with Gasteiger partial charge in [-0.25, -0.2) is 4.79 Å². The molecule has 0 aliphatic carbocycles. The number of hydrogen-bond acceptors (Lipinski definition) is 3. The highest BCUT2D eigenvalue weighted by atomic mass is 16.2. The van der Waals surface area contributed by atoms with Gasteiger partial charge in [-0.05, 0) is 36.4 Å². The fourth-order valence-electron chi connectivity index (χ4n) is 1.73. The van der Waals surface area contributed by atoms with E-state index in [1.165, 1.54) is 4.90 Å². The van der Waals surface area contributed by atoms with Crippen molar-refractivity contribution in [3.05, 3.63) is 54.1 Å². The van der Waals surface area contributed by atoms with E-state index in [1.54, 1.807) is 55.6 Å². The lowest BCUT2D eigenvalue weighted by Crippen LogP contribution is -2.31. The van der Waals surface area contributed by atoms with E-state index in [-0.39, 0.29) is 6.03 Å². The van der Waals surface area contributed by atoms with Crippen LogP contribution in [0.3, 0.4) is 0 Å². The molecule has 20 heavy (non-hydrogen) atoms. The van der Waals surface area contributed by atoms with Crippen LogP contribution < -0.4 is 16.0 Å². The maximum Gasteiger partial charge on any atom is 0.326 e. The van der Waals surface area contributed by atoms with Crippen molar-refractivity contribution in [2.45, 2.75) is 0 Å². The minimum Gasteiger partial charge on any atom is -0.399 e. The number of urea groups is 1. The molecule has 5 nitrogen and oxygen atoms in total. The average Bonchev–Trinajstić information content (AvgIpc) is 2.46. The topological polar surface area (TPSA) is 82.2 Å². The molecule has 0 aliphatic heterocycles. The van der Waals surface area contributed by atoms with Crippen LogP contribution in [0.2, 0.25) is 0 Å². The van der Waals surface area contributed by atoms with Crippen molar-refractivity contribution in [1.82, 2.24) is 0 Å². The monoisotopic (exact) mass is 266 g/mol. The number of nitrogen functional groups attached to an aromatic ring is 1. The van der Waals surface area contributed by atoms with Gasteiger partial charge in [-0.2, -0.15) is 5.26 Å². The minimum absolute atomic E-state index is 0.300. The van der Waals surface area contributed by atoms with Gasteiger partial charge in [0.1, 0.15) is 0 Å². The van der Waals surface area contributed by atoms with E-state index in [0.29, 0.717) is 22.6 Å². The zero-order chi connectivity index (χ0) is 14.5. The highest BCUT2D eigenvalue weighted by molar-refractivity contribution is 6.01. The van der Waals surface area contributed by atoms with E-state index in [2.05, 4.69) is 5.32 Å². The smallest absolute Gasteiger partial charge is 0.326 e. The van der Waals surface area contributed by atoms with Crippen molar-refractivity contribution < 1.29 is 4.79 Å². The highest BCUT2D eigenvalue weighted by Gasteiger charge is 2.11. The van der Waals surface area contributed by atoms with Gasteiger partial charge in [-0.1, -0.05) is 12.1 Å². The summed E-state index contributed by atoms with van der Waals surface area (Å²) in [6, 6.07) is 15.5. The Morgan fingerprint density at radius 1 is 1.25 bits per heavy atom. The van der Waals surface area contributed by atoms with Gasteiger partial charge < -0.3 is 11.1 Å². The Morgan fingerprint density at radius 3 is 2.70 bits per heavy atom. The Kier molecular flexibility index (Phi) is 3.87. The van der Waals surface area contributed by atoms with Crippen LogP contribution >= 0.6 is 0 Å². The van der Waals surface area contributed by atoms with Crippen molar-refractivity contribution >= 4 is 23.1 Å². The molecule has 0 radical (unpaired) electrons. The number of nitrogens with zero attached hydrogens (tertiary/aromatic N) is 2. The first kappa shape index (κ1) is 13.4. The molecule has 0 fully saturated rings. The lowest BCUT2D eigenvalue weighted by atomic mass is 10.2. The average molecular weight is 266 g/mol. The van der Waals surface area contributed by atoms with Gasteiger partial charge in [0.25, 0.3) is 0 Å². The van der Waals surface area contributed by atoms with Gasteiger partial charge >= 0.3 is 6.03 Å². The maximum absolute atomic E-state index is 12.1. The van der Waals surface area contributed by atoms with E-state index >= 15 is 0 Å². The van der Waals surface area contributed by atoms with E-state index < -0.39 is 0 Å². The third-order valence-corrected chi connectivity index (χ3v) is 2.81. The molecule has 0 unspecified atom stereocenters. The Balaban J connectivity index is 2.14. The Hall–Kier alpha value is -3.00. The zero-order valence-electron chi connectivity index (χ0n) is 11.0. The molecule has 0 saturated carbocycles. The Labute approximate surface area is 117 Å². The lowest BCUT2D eigenvalue weighted by molar-refractivity contribution is 0.258. The van der Waals surface area contributed by atoms with Crippen molar-refractivity contribution in [3.63, 3.8) is 0 Å². The lowest BCUT2D eigenvalue weighted by Gasteiger charge is -2.18. The number of nitrogens with two attached hydrogens (primary N) is 1. The van der Waals surface area contributed by atoms with Crippen molar-refractivity contribution in [2.75, 3.05) is 23.0 Å². The van der Waals surface area contributed by atoms with E-state index in [1.807, 2.05) is 6.07 Å². The summed E-state index contributed by atoms with van der Waals surface area (Å²) in [6.45, 7) is 0. The SMILES string of the molecule is CN(C(=O)Nc1cccc(N)c1)c1cccc(C#N)c1. The number of benzene rings is 2. The first-order chi connectivity index (χ1) is 9.60. The van der Waals surface area contributed by atoms with Crippen LogP contribution in [0.25, 0.3) is 0 Å². The van der Waals surface area contributed by atoms with Gasteiger partial charge in [0.2, 0.25) is 0 Å². The molecule has 5 heteroatoms. The predicted molar refractivity (Wildman–Crippen MR) is 79.4 cm³/mol. The summed E-state index contributed by atoms with van der Waals surface area (Å²) in [5.74, 6) is 0. The summed E-state index contributed by atoms with van der Waals surface area (Å²) < 4.78 is 0. The third kappa shape index (κ3) is 3.06. The minimum atomic E-state index is -0.300. The van der Waals surface area contributed by atoms with Crippen LogP contribution in [0.4, 0.5) is 21.9 Å². The van der Waals surface area contributed by atoms with Gasteiger partial charge in [0, 0.05) is 24.1 Å². The number of hydrogen-bond donors (Lipinski definition) is 2. The summed E-state index contributed by atoms with van der Waals surface area (Å²) >= 11 is 0. The molecule has 0 heterocycles. The van der Waals surface area contributed by atoms with Crippen molar-refractivity contribution in [2.24, 2.45) is 0 Å². The largest absolute Gasteiger partial charge is 0.399 e. The second kappa shape index (κ2) is 5.76. The zero-order valence-corrected chi connectivity index (χ0v) is 11.0. The van der Waals surface area contributed by atoms with Gasteiger partial charge in [-0.15, -0.1) is 0 Å². The summed E-state index contributed by atoms with van der Waals surface area (Å²) in [5.41, 5.74) is 8.01. The van der Waals surface area contributed by atoms with Crippen molar-refractivity contribution in [1.29, 1.82) is 5.26 Å². The molecule has 100 valence electrons. The molecule has 0 aliphatic rings. The molecule has 2 amide bonds. The van der Waals surface area contributed by atoms with Crippen molar-refractivity contribution in [3.8, 4) is 6.07 Å². The third-order valence-electron chi connectivity index (χ3n) is 2.81. The molecule has 0 bridgehead atoms. The Bertz CT molecular complexity index is 676. The first-order valence-corrected chi connectivity index (χ1v) is 6.00. The summed E-state index contributed by atoms with van der Waals surface area (Å²) in [7, 11) is 1.64. The van der Waals surface area contributed by atoms with Gasteiger partial charge in [-0.3, -0.25) is 4.90 Å². The number of carbonyl (C=O) groups is 1. The molecular weight excluding hydrogens is 252 g/mol. The second-order valence-electron chi connectivity index (χ2n) is 4.28. The molecule has 2 rings (SSSR count). The summed E-state index contributed by atoms with van der Waals surface area (Å²) in [5, 5.41) is 11.6. The van der Waals surface area contributed by atoms with Gasteiger partial charge in [0.05, 0.1) is 11.6 Å². The van der Waals surface area contributed by atoms with Crippen LogP contribution in [0.1, 0.15) is 5.56 Å². The number of amides is 2. The molecule has 3 N–H and O–H groups in total. The molecule has 0 atom stereocenters. The Morgan fingerprint density at radius 2 is 2.00 bits per heavy atom. The van der Waals surface area contributed by atoms with E-state index in [0.717, 1.165) is 0 Å². The van der Waals surface area contributed by atoms with Crippen LogP contribution in [-0.4, -0.2) is 13.1 Å². The standard InChI is InChI=1S/C15H14N4O/c1-19(14-7-2-4-11(8-14)10-16)15(20)18-13-6-3-5-12(17)9-13/h2-9H,17H2,1H3,(H,18,20). The van der Waals surface area contributed by atoms with Crippen LogP contribution in [-0.2, 0) is 0 Å².